The molecule has 0 bridgehead atoms. The predicted molar refractivity (Wildman–Crippen MR) is 50.5 cm³/mol. The quantitative estimate of drug-likeness (QED) is 0.641. The number of rotatable bonds is 4. The number of benzene rings is 1. The Morgan fingerprint density at radius 2 is 2.00 bits per heavy atom. The van der Waals surface area contributed by atoms with Gasteiger partial charge in [-0.25, -0.2) is 8.78 Å². The SMILES string of the molecule is NCCC(F)c1cc(F)c([N+](=O)[O-])cc1F. The molecule has 7 heteroatoms. The number of nitrogens with two attached hydrogens (primary N) is 1. The molecule has 0 heterocycles. The highest BCUT2D eigenvalue weighted by Gasteiger charge is 2.22. The molecule has 4 nitrogen and oxygen atoms in total. The highest BCUT2D eigenvalue weighted by atomic mass is 19.1. The number of alkyl halides is 1. The Labute approximate surface area is 89.0 Å². The minimum atomic E-state index is -1.76. The molecule has 88 valence electrons. The molecule has 1 rings (SSSR count). The van der Waals surface area contributed by atoms with Gasteiger partial charge in [0.25, 0.3) is 0 Å². The van der Waals surface area contributed by atoms with Gasteiger partial charge in [-0.1, -0.05) is 0 Å². The van der Waals surface area contributed by atoms with Crippen molar-refractivity contribution in [3.05, 3.63) is 39.4 Å². The van der Waals surface area contributed by atoms with Crippen molar-refractivity contribution < 1.29 is 18.1 Å². The third-order valence-electron chi connectivity index (χ3n) is 2.02. The van der Waals surface area contributed by atoms with Gasteiger partial charge in [-0.15, -0.1) is 0 Å². The molecule has 1 aromatic rings. The largest absolute Gasteiger partial charge is 0.330 e. The Bertz CT molecular complexity index is 412. The van der Waals surface area contributed by atoms with Crippen molar-refractivity contribution in [1.29, 1.82) is 0 Å². The molecule has 0 amide bonds. The monoisotopic (exact) mass is 234 g/mol. The maximum absolute atomic E-state index is 13.3. The van der Waals surface area contributed by atoms with E-state index < -0.39 is 34.0 Å². The predicted octanol–water partition coefficient (Wildman–Crippen LogP) is 2.23. The Balaban J connectivity index is 3.15. The van der Waals surface area contributed by atoms with Gasteiger partial charge in [-0.05, 0) is 19.0 Å². The molecular weight excluding hydrogens is 225 g/mol. The smallest absolute Gasteiger partial charge is 0.307 e. The Kier molecular flexibility index (Phi) is 3.83. The van der Waals surface area contributed by atoms with E-state index in [1.807, 2.05) is 0 Å². The lowest BCUT2D eigenvalue weighted by Crippen LogP contribution is -2.06. The van der Waals surface area contributed by atoms with Gasteiger partial charge in [0, 0.05) is 5.56 Å². The lowest BCUT2D eigenvalue weighted by atomic mass is 10.1. The van der Waals surface area contributed by atoms with Crippen molar-refractivity contribution in [3.8, 4) is 0 Å². The first-order chi connectivity index (χ1) is 7.47. The maximum Gasteiger partial charge on any atom is 0.307 e. The van der Waals surface area contributed by atoms with Gasteiger partial charge >= 0.3 is 5.69 Å². The minimum Gasteiger partial charge on any atom is -0.330 e. The standard InChI is InChI=1S/C9H9F3N2O2/c10-6(1-2-13)5-3-8(12)9(14(15)16)4-7(5)11/h3-4,6H,1-2,13H2. The Hall–Kier alpha value is -1.63. The van der Waals surface area contributed by atoms with Crippen LogP contribution in [0.15, 0.2) is 12.1 Å². The molecule has 0 aliphatic heterocycles. The highest BCUT2D eigenvalue weighted by Crippen LogP contribution is 2.28. The number of halogens is 3. The van der Waals surface area contributed by atoms with Crippen LogP contribution in [0.2, 0.25) is 0 Å². The molecule has 0 aliphatic rings. The zero-order chi connectivity index (χ0) is 12.3. The zero-order valence-electron chi connectivity index (χ0n) is 8.12. The van der Waals surface area contributed by atoms with Crippen LogP contribution >= 0.6 is 0 Å². The van der Waals surface area contributed by atoms with Crippen LogP contribution in [-0.2, 0) is 0 Å². The molecule has 0 fully saturated rings. The van der Waals surface area contributed by atoms with E-state index >= 15 is 0 Å². The van der Waals surface area contributed by atoms with Gasteiger partial charge in [0.1, 0.15) is 12.0 Å². The molecule has 1 aromatic carbocycles. The molecule has 0 saturated heterocycles. The van der Waals surface area contributed by atoms with E-state index in [0.717, 1.165) is 0 Å². The summed E-state index contributed by atoms with van der Waals surface area (Å²) in [5.74, 6) is -2.41. The van der Waals surface area contributed by atoms with Gasteiger partial charge in [0.15, 0.2) is 0 Å². The third-order valence-corrected chi connectivity index (χ3v) is 2.02. The van der Waals surface area contributed by atoms with Gasteiger partial charge in [-0.2, -0.15) is 4.39 Å². The fraction of sp³-hybridized carbons (Fsp3) is 0.333. The van der Waals surface area contributed by atoms with Crippen LogP contribution in [0.1, 0.15) is 18.2 Å². The summed E-state index contributed by atoms with van der Waals surface area (Å²) in [7, 11) is 0. The summed E-state index contributed by atoms with van der Waals surface area (Å²) in [6.07, 6.45) is -1.94. The van der Waals surface area contributed by atoms with Crippen LogP contribution in [0.3, 0.4) is 0 Å². The second-order valence-electron chi connectivity index (χ2n) is 3.13. The summed E-state index contributed by atoms with van der Waals surface area (Å²) in [5, 5.41) is 10.3. The summed E-state index contributed by atoms with van der Waals surface area (Å²) >= 11 is 0. The molecule has 1 unspecified atom stereocenters. The second-order valence-corrected chi connectivity index (χ2v) is 3.13. The maximum atomic E-state index is 13.3. The number of nitrogens with zero attached hydrogens (tertiary/aromatic N) is 1. The van der Waals surface area contributed by atoms with E-state index in [2.05, 4.69) is 0 Å². The molecule has 0 saturated carbocycles. The number of nitro benzene ring substituents is 1. The van der Waals surface area contributed by atoms with Crippen LogP contribution < -0.4 is 5.73 Å². The van der Waals surface area contributed by atoms with E-state index in [1.54, 1.807) is 0 Å². The average Bonchev–Trinajstić information content (AvgIpc) is 2.20. The fourth-order valence-corrected chi connectivity index (χ4v) is 1.23. The van der Waals surface area contributed by atoms with E-state index in [4.69, 9.17) is 5.73 Å². The second kappa shape index (κ2) is 4.93. The number of hydrogen-bond donors (Lipinski definition) is 1. The van der Waals surface area contributed by atoms with E-state index in [-0.39, 0.29) is 13.0 Å². The van der Waals surface area contributed by atoms with Crippen molar-refractivity contribution in [2.75, 3.05) is 6.54 Å². The van der Waals surface area contributed by atoms with Crippen LogP contribution in [-0.4, -0.2) is 11.5 Å². The summed E-state index contributed by atoms with van der Waals surface area (Å²) in [4.78, 5) is 9.19. The number of nitro groups is 1. The lowest BCUT2D eigenvalue weighted by Gasteiger charge is -2.08. The van der Waals surface area contributed by atoms with Crippen LogP contribution in [0.4, 0.5) is 18.9 Å². The van der Waals surface area contributed by atoms with Crippen LogP contribution in [0.25, 0.3) is 0 Å². The fourth-order valence-electron chi connectivity index (χ4n) is 1.23. The lowest BCUT2D eigenvalue weighted by molar-refractivity contribution is -0.387. The molecule has 2 N–H and O–H groups in total. The molecule has 1 atom stereocenters. The summed E-state index contributed by atoms with van der Waals surface area (Å²) in [6.45, 7) is -0.0286. The van der Waals surface area contributed by atoms with Crippen molar-refractivity contribution in [3.63, 3.8) is 0 Å². The molecule has 16 heavy (non-hydrogen) atoms. The van der Waals surface area contributed by atoms with Gasteiger partial charge in [0.2, 0.25) is 5.82 Å². The van der Waals surface area contributed by atoms with E-state index in [9.17, 15) is 23.3 Å². The number of hydrogen-bond acceptors (Lipinski definition) is 3. The zero-order valence-corrected chi connectivity index (χ0v) is 8.12. The topological polar surface area (TPSA) is 69.2 Å². The van der Waals surface area contributed by atoms with E-state index in [0.29, 0.717) is 12.1 Å². The first kappa shape index (κ1) is 12.4. The molecule has 0 aliphatic carbocycles. The summed E-state index contributed by atoms with van der Waals surface area (Å²) < 4.78 is 39.5. The average molecular weight is 234 g/mol. The molecule has 0 spiro atoms. The summed E-state index contributed by atoms with van der Waals surface area (Å²) in [6, 6.07) is 0.863. The van der Waals surface area contributed by atoms with Crippen molar-refractivity contribution >= 4 is 5.69 Å². The van der Waals surface area contributed by atoms with Crippen molar-refractivity contribution in [1.82, 2.24) is 0 Å². The van der Waals surface area contributed by atoms with Gasteiger partial charge < -0.3 is 5.73 Å². The van der Waals surface area contributed by atoms with Crippen LogP contribution in [0, 0.1) is 21.7 Å². The first-order valence-corrected chi connectivity index (χ1v) is 4.44. The van der Waals surface area contributed by atoms with Crippen LogP contribution in [0.5, 0.6) is 0 Å². The molecular formula is C9H9F3N2O2. The summed E-state index contributed by atoms with van der Waals surface area (Å²) in [5.41, 5.74) is 3.51. The Morgan fingerprint density at radius 1 is 1.38 bits per heavy atom. The minimum absolute atomic E-state index is 0.0286. The van der Waals surface area contributed by atoms with Gasteiger partial charge in [-0.3, -0.25) is 10.1 Å². The van der Waals surface area contributed by atoms with E-state index in [1.165, 1.54) is 0 Å². The normalized spacial score (nSPS) is 12.5. The van der Waals surface area contributed by atoms with Gasteiger partial charge in [0.05, 0.1) is 11.0 Å². The first-order valence-electron chi connectivity index (χ1n) is 4.44. The highest BCUT2D eigenvalue weighted by molar-refractivity contribution is 5.37. The third kappa shape index (κ3) is 2.48. The van der Waals surface area contributed by atoms with Crippen molar-refractivity contribution in [2.45, 2.75) is 12.6 Å². The molecule has 0 radical (unpaired) electrons. The van der Waals surface area contributed by atoms with Crippen molar-refractivity contribution in [2.24, 2.45) is 5.73 Å². The molecule has 0 aromatic heterocycles. The Morgan fingerprint density at radius 3 is 2.50 bits per heavy atom.